The van der Waals surface area contributed by atoms with E-state index in [-0.39, 0.29) is 22.3 Å². The summed E-state index contributed by atoms with van der Waals surface area (Å²) in [4.78, 5) is 28.4. The van der Waals surface area contributed by atoms with E-state index in [0.717, 1.165) is 71.1 Å². The van der Waals surface area contributed by atoms with E-state index in [1.54, 1.807) is 0 Å². The normalized spacial score (nSPS) is 20.4. The SMILES string of the molecule is CCCc1cc(Oc2ccc3c(c2)CC[C@H]3C2SC(=O)NC2=O)c2ccccc2n1. The molecule has 152 valence electrons. The third kappa shape index (κ3) is 3.45. The molecule has 1 aliphatic carbocycles. The molecule has 2 aromatic carbocycles. The first kappa shape index (κ1) is 19.1. The number of fused-ring (bicyclic) bond motifs is 2. The number of thioether (sulfide) groups is 1. The van der Waals surface area contributed by atoms with Gasteiger partial charge in [0, 0.05) is 23.1 Å². The predicted octanol–water partition coefficient (Wildman–Crippen LogP) is 5.36. The number of carbonyl (C=O) groups is 2. The molecule has 2 atom stereocenters. The zero-order valence-electron chi connectivity index (χ0n) is 16.7. The van der Waals surface area contributed by atoms with E-state index in [1.165, 1.54) is 5.56 Å². The number of nitrogens with zero attached hydrogens (tertiary/aromatic N) is 1. The number of hydrogen-bond donors (Lipinski definition) is 1. The summed E-state index contributed by atoms with van der Waals surface area (Å²) >= 11 is 1.11. The van der Waals surface area contributed by atoms with Crippen LogP contribution in [0.1, 0.15) is 42.5 Å². The van der Waals surface area contributed by atoms with Crippen LogP contribution in [-0.2, 0) is 17.6 Å². The number of imide groups is 1. The van der Waals surface area contributed by atoms with Crippen LogP contribution in [-0.4, -0.2) is 21.4 Å². The van der Waals surface area contributed by atoms with Crippen LogP contribution in [0, 0.1) is 0 Å². The van der Waals surface area contributed by atoms with Crippen LogP contribution in [0.4, 0.5) is 4.79 Å². The molecule has 0 radical (unpaired) electrons. The number of ether oxygens (including phenoxy) is 1. The van der Waals surface area contributed by atoms with Crippen molar-refractivity contribution in [2.75, 3.05) is 0 Å². The van der Waals surface area contributed by atoms with Crippen molar-refractivity contribution in [1.82, 2.24) is 10.3 Å². The zero-order valence-corrected chi connectivity index (χ0v) is 17.5. The number of para-hydroxylation sites is 1. The Morgan fingerprint density at radius 1 is 1.17 bits per heavy atom. The Hall–Kier alpha value is -2.86. The van der Waals surface area contributed by atoms with E-state index in [9.17, 15) is 9.59 Å². The summed E-state index contributed by atoms with van der Waals surface area (Å²) in [6.07, 6.45) is 3.69. The first-order chi connectivity index (χ1) is 14.6. The fourth-order valence-corrected chi connectivity index (χ4v) is 5.43. The Kier molecular flexibility index (Phi) is 4.95. The Bertz CT molecular complexity index is 1160. The average Bonchev–Trinajstić information content (AvgIpc) is 3.30. The highest BCUT2D eigenvalue weighted by atomic mass is 32.2. The highest BCUT2D eigenvalue weighted by molar-refractivity contribution is 8.15. The molecular formula is C24H22N2O3S. The second-order valence-corrected chi connectivity index (χ2v) is 8.92. The zero-order chi connectivity index (χ0) is 20.7. The van der Waals surface area contributed by atoms with Gasteiger partial charge in [-0.05, 0) is 54.7 Å². The minimum atomic E-state index is -0.328. The molecule has 2 amide bonds. The van der Waals surface area contributed by atoms with Crippen molar-refractivity contribution in [3.05, 3.63) is 65.4 Å². The van der Waals surface area contributed by atoms with Gasteiger partial charge < -0.3 is 4.74 Å². The Morgan fingerprint density at radius 3 is 2.83 bits per heavy atom. The third-order valence-corrected chi connectivity index (χ3v) is 6.90. The second-order valence-electron chi connectivity index (χ2n) is 7.80. The van der Waals surface area contributed by atoms with Gasteiger partial charge in [-0.3, -0.25) is 19.9 Å². The molecule has 2 heterocycles. The summed E-state index contributed by atoms with van der Waals surface area (Å²) in [7, 11) is 0. The maximum absolute atomic E-state index is 12.1. The molecule has 6 heteroatoms. The maximum atomic E-state index is 12.1. The molecule has 3 aromatic rings. The fraction of sp³-hybridized carbons (Fsp3) is 0.292. The Balaban J connectivity index is 1.45. The lowest BCUT2D eigenvalue weighted by Gasteiger charge is -2.16. The monoisotopic (exact) mass is 418 g/mol. The van der Waals surface area contributed by atoms with Gasteiger partial charge in [0.25, 0.3) is 5.24 Å². The Morgan fingerprint density at radius 2 is 2.03 bits per heavy atom. The van der Waals surface area contributed by atoms with Crippen LogP contribution in [0.3, 0.4) is 0 Å². The van der Waals surface area contributed by atoms with Crippen molar-refractivity contribution in [2.45, 2.75) is 43.8 Å². The lowest BCUT2D eigenvalue weighted by atomic mass is 9.97. The first-order valence-electron chi connectivity index (χ1n) is 10.3. The number of aryl methyl sites for hydroxylation is 2. The quantitative estimate of drug-likeness (QED) is 0.604. The van der Waals surface area contributed by atoms with Gasteiger partial charge in [0.15, 0.2) is 0 Å². The molecule has 0 spiro atoms. The summed E-state index contributed by atoms with van der Waals surface area (Å²) in [5.41, 5.74) is 4.31. The number of aromatic nitrogens is 1. The topological polar surface area (TPSA) is 68.3 Å². The van der Waals surface area contributed by atoms with Gasteiger partial charge in [0.05, 0.1) is 5.52 Å². The number of hydrogen-bond acceptors (Lipinski definition) is 5. The number of nitrogens with one attached hydrogen (secondary N) is 1. The molecule has 1 aromatic heterocycles. The van der Waals surface area contributed by atoms with Crippen LogP contribution < -0.4 is 10.1 Å². The van der Waals surface area contributed by atoms with E-state index in [4.69, 9.17) is 9.72 Å². The van der Waals surface area contributed by atoms with Gasteiger partial charge in [0.2, 0.25) is 5.91 Å². The van der Waals surface area contributed by atoms with Gasteiger partial charge in [-0.1, -0.05) is 43.3 Å². The van der Waals surface area contributed by atoms with E-state index >= 15 is 0 Å². The molecule has 5 nitrogen and oxygen atoms in total. The van der Waals surface area contributed by atoms with E-state index < -0.39 is 0 Å². The van der Waals surface area contributed by atoms with Gasteiger partial charge in [-0.15, -0.1) is 0 Å². The summed E-state index contributed by atoms with van der Waals surface area (Å²) in [6.45, 7) is 2.14. The van der Waals surface area contributed by atoms with Crippen LogP contribution in [0.25, 0.3) is 10.9 Å². The predicted molar refractivity (Wildman–Crippen MR) is 118 cm³/mol. The molecule has 1 N–H and O–H groups in total. The van der Waals surface area contributed by atoms with Gasteiger partial charge in [-0.25, -0.2) is 0 Å². The average molecular weight is 419 g/mol. The smallest absolute Gasteiger partial charge is 0.286 e. The number of rotatable bonds is 5. The number of pyridine rings is 1. The van der Waals surface area contributed by atoms with Crippen LogP contribution >= 0.6 is 11.8 Å². The number of carbonyl (C=O) groups excluding carboxylic acids is 2. The van der Waals surface area contributed by atoms with Crippen molar-refractivity contribution in [3.8, 4) is 11.5 Å². The first-order valence-corrected chi connectivity index (χ1v) is 11.2. The molecule has 2 aliphatic rings. The molecule has 0 saturated carbocycles. The standard InChI is InChI=1S/C24H22N2O3S/c1-2-5-15-13-21(19-6-3-4-7-20(19)25-15)29-16-9-11-17-14(12-16)8-10-18(17)22-23(27)26-24(28)30-22/h3-4,6-7,9,11-13,18,22H,2,5,8,10H2,1H3,(H,26,27,28)/t18-,22?/m1/s1. The minimum absolute atomic E-state index is 0.0726. The van der Waals surface area contributed by atoms with Crippen molar-refractivity contribution >= 4 is 33.8 Å². The molecule has 0 bridgehead atoms. The lowest BCUT2D eigenvalue weighted by molar-refractivity contribution is -0.119. The molecule has 1 unspecified atom stereocenters. The summed E-state index contributed by atoms with van der Waals surface area (Å²) in [5.74, 6) is 1.50. The van der Waals surface area contributed by atoms with Crippen LogP contribution in [0.5, 0.6) is 11.5 Å². The second kappa shape index (κ2) is 7.76. The summed E-state index contributed by atoms with van der Waals surface area (Å²) < 4.78 is 6.32. The van der Waals surface area contributed by atoms with Crippen molar-refractivity contribution in [2.24, 2.45) is 0 Å². The summed E-state index contributed by atoms with van der Waals surface area (Å²) in [5, 5.41) is 2.83. The fourth-order valence-electron chi connectivity index (χ4n) is 4.43. The highest BCUT2D eigenvalue weighted by Crippen LogP contribution is 2.43. The number of amides is 2. The summed E-state index contributed by atoms with van der Waals surface area (Å²) in [6, 6.07) is 16.2. The van der Waals surface area contributed by atoms with Gasteiger partial charge in [0.1, 0.15) is 16.7 Å². The molecule has 5 rings (SSSR count). The highest BCUT2D eigenvalue weighted by Gasteiger charge is 2.41. The van der Waals surface area contributed by atoms with Crippen molar-refractivity contribution in [3.63, 3.8) is 0 Å². The maximum Gasteiger partial charge on any atom is 0.286 e. The number of benzene rings is 2. The van der Waals surface area contributed by atoms with Gasteiger partial charge in [-0.2, -0.15) is 0 Å². The molecule has 1 saturated heterocycles. The van der Waals surface area contributed by atoms with Crippen LogP contribution in [0.2, 0.25) is 0 Å². The van der Waals surface area contributed by atoms with E-state index in [1.807, 2.05) is 36.4 Å². The molecule has 30 heavy (non-hydrogen) atoms. The van der Waals surface area contributed by atoms with Crippen molar-refractivity contribution in [1.29, 1.82) is 0 Å². The largest absolute Gasteiger partial charge is 0.457 e. The lowest BCUT2D eigenvalue weighted by Crippen LogP contribution is -2.27. The van der Waals surface area contributed by atoms with E-state index in [2.05, 4.69) is 24.4 Å². The molecular weight excluding hydrogens is 396 g/mol. The molecule has 1 fully saturated rings. The Labute approximate surface area is 179 Å². The minimum Gasteiger partial charge on any atom is -0.457 e. The van der Waals surface area contributed by atoms with Gasteiger partial charge >= 0.3 is 0 Å². The van der Waals surface area contributed by atoms with E-state index in [0.29, 0.717) is 0 Å². The van der Waals surface area contributed by atoms with Crippen molar-refractivity contribution < 1.29 is 14.3 Å². The third-order valence-electron chi connectivity index (χ3n) is 5.79. The van der Waals surface area contributed by atoms with Crippen LogP contribution in [0.15, 0.2) is 48.5 Å². The molecule has 1 aliphatic heterocycles.